The van der Waals surface area contributed by atoms with Crippen LogP contribution >= 0.6 is 0 Å². The van der Waals surface area contributed by atoms with Crippen LogP contribution in [0.5, 0.6) is 0 Å². The van der Waals surface area contributed by atoms with Crippen molar-refractivity contribution in [1.29, 1.82) is 0 Å². The van der Waals surface area contributed by atoms with E-state index in [4.69, 9.17) is 23.3 Å². The molecule has 0 spiro atoms. The maximum absolute atomic E-state index is 9.99. The summed E-state index contributed by atoms with van der Waals surface area (Å²) in [5.74, 6) is -0.380. The van der Waals surface area contributed by atoms with Crippen LogP contribution in [-0.4, -0.2) is 9.55 Å². The van der Waals surface area contributed by atoms with Gasteiger partial charge >= 0.3 is 0 Å². The zero-order chi connectivity index (χ0) is 51.8. The Kier molecular flexibility index (Phi) is 3.47. The van der Waals surface area contributed by atoms with Gasteiger partial charge < -0.3 is 0 Å². The van der Waals surface area contributed by atoms with Crippen LogP contribution in [0.25, 0.3) is 82.8 Å². The Bertz CT molecular complexity index is 3740. The van der Waals surface area contributed by atoms with E-state index in [9.17, 15) is 6.85 Å². The number of rotatable bonds is 6. The van der Waals surface area contributed by atoms with E-state index in [1.165, 1.54) is 16.7 Å². The van der Waals surface area contributed by atoms with E-state index in [0.29, 0.717) is 27.8 Å². The molecule has 1 aromatic heterocycles. The van der Waals surface area contributed by atoms with Crippen molar-refractivity contribution in [1.82, 2.24) is 9.55 Å². The molecular weight excluding hydrogens is 593 g/mol. The summed E-state index contributed by atoms with van der Waals surface area (Å²) in [5.41, 5.74) is -0.510. The highest BCUT2D eigenvalue weighted by Gasteiger charge is 2.18. The Hall–Kier alpha value is -6.25. The summed E-state index contributed by atoms with van der Waals surface area (Å²) in [7, 11) is 0. The van der Waals surface area contributed by atoms with E-state index in [1.807, 2.05) is 0 Å². The van der Waals surface area contributed by atoms with Crippen LogP contribution in [0.2, 0.25) is 0 Å². The van der Waals surface area contributed by atoms with E-state index < -0.39 is 160 Å². The first-order chi connectivity index (χ1) is 33.3. The summed E-state index contributed by atoms with van der Waals surface area (Å²) >= 11 is 0. The van der Waals surface area contributed by atoms with Crippen molar-refractivity contribution in [2.24, 2.45) is 0 Å². The van der Waals surface area contributed by atoms with Gasteiger partial charge in [0, 0.05) is 18.8 Å². The number of hydrogen-bond acceptors (Lipinski definition) is 1. The molecular formula is C47H34N2. The molecule has 0 unspecified atom stereocenters. The minimum absolute atomic E-state index is 0.107. The van der Waals surface area contributed by atoms with Gasteiger partial charge in [-0.05, 0) is 84.7 Å². The molecule has 0 saturated heterocycles. The van der Waals surface area contributed by atoms with Gasteiger partial charge in [0.2, 0.25) is 0 Å². The second kappa shape index (κ2) is 12.1. The van der Waals surface area contributed by atoms with E-state index in [-0.39, 0.29) is 17.0 Å². The highest BCUT2D eigenvalue weighted by molar-refractivity contribution is 6.22. The summed E-state index contributed by atoms with van der Waals surface area (Å²) in [4.78, 5) is 4.43. The van der Waals surface area contributed by atoms with E-state index in [1.54, 1.807) is 60.7 Å². The van der Waals surface area contributed by atoms with Crippen molar-refractivity contribution in [3.8, 4) is 50.2 Å². The van der Waals surface area contributed by atoms with Crippen molar-refractivity contribution < 1.29 is 30.2 Å². The summed E-state index contributed by atoms with van der Waals surface area (Å²) in [6, 6.07) is 5.60. The number of fused-ring (bicyclic) bond motifs is 3. The molecule has 0 N–H and O–H groups in total. The fourth-order valence-electron chi connectivity index (χ4n) is 6.20. The number of benzene rings is 8. The molecule has 0 aliphatic heterocycles. The SMILES string of the molecule is [2H]c1c([2H])c([2H])c(-c2c3c([2H])c([2H])c([2H])c([2H])c3c(-c3c([2H])c([2H])c([2H])c([2H])c3[2H])c3c([2H])c(-c4ccc(-c5ccccc5-n5c(C([2H])([2H])C([2H])([2H])[2H])nc6ccccc65)cc4)c([2H])c([2H])c23)c([2H])c1[2H]. The van der Waals surface area contributed by atoms with Gasteiger partial charge in [0.1, 0.15) is 5.82 Å². The van der Waals surface area contributed by atoms with Crippen LogP contribution in [0.1, 0.15) is 42.8 Å². The van der Waals surface area contributed by atoms with E-state index in [2.05, 4.69) is 4.98 Å². The van der Waals surface area contributed by atoms with Crippen LogP contribution in [0.4, 0.5) is 0 Å². The monoisotopic (exact) mass is 648 g/mol. The van der Waals surface area contributed by atoms with Crippen LogP contribution in [0.15, 0.2) is 176 Å². The highest BCUT2D eigenvalue weighted by Crippen LogP contribution is 2.45. The molecule has 0 fully saturated rings. The lowest BCUT2D eigenvalue weighted by atomic mass is 9.85. The Morgan fingerprint density at radius 1 is 0.551 bits per heavy atom. The number of hydrogen-bond donors (Lipinski definition) is 0. The standard InChI is InChI=1S/C47H34N2/c1-2-45-48-42-22-12-14-24-44(42)49(45)43-23-13-11-19-37(43)33-27-25-32(26-28-33)36-29-30-40-41(31-36)47(35-17-7-4-8-18-35)39-21-10-9-20-38(39)46(40)34-15-5-3-6-16-34/h3-31H,2H2,1H3/i1D3,2D2,3D,4D,5D,6D,7D,8D,9D,10D,15D,16D,17D,18D,20D,21D,29D,30D,31D. The number of nitrogens with zero attached hydrogens (tertiary/aromatic N) is 2. The average Bonchev–Trinajstić information content (AvgIpc) is 3.74. The van der Waals surface area contributed by atoms with Crippen molar-refractivity contribution in [2.75, 3.05) is 0 Å². The van der Waals surface area contributed by atoms with Crippen LogP contribution in [0.3, 0.4) is 0 Å². The van der Waals surface area contributed by atoms with Crippen LogP contribution in [0, 0.1) is 0 Å². The lowest BCUT2D eigenvalue weighted by Gasteiger charge is -2.19. The Morgan fingerprint density at radius 2 is 1.14 bits per heavy atom. The fourth-order valence-corrected chi connectivity index (χ4v) is 6.20. The van der Waals surface area contributed by atoms with Gasteiger partial charge in [-0.1, -0.05) is 158 Å². The quantitative estimate of drug-likeness (QED) is 0.164. The third-order valence-corrected chi connectivity index (χ3v) is 8.30. The third-order valence-electron chi connectivity index (χ3n) is 8.30. The molecule has 232 valence electrons. The van der Waals surface area contributed by atoms with Crippen molar-refractivity contribution in [3.05, 3.63) is 181 Å². The maximum Gasteiger partial charge on any atom is 0.114 e. The molecule has 9 rings (SSSR count). The number of imidazole rings is 1. The van der Waals surface area contributed by atoms with Gasteiger partial charge in [0.15, 0.2) is 0 Å². The molecule has 0 atom stereocenters. The van der Waals surface area contributed by atoms with Gasteiger partial charge in [-0.2, -0.15) is 0 Å². The van der Waals surface area contributed by atoms with Crippen molar-refractivity contribution >= 4 is 32.6 Å². The third kappa shape index (κ3) is 4.92. The molecule has 0 aliphatic carbocycles. The average molecular weight is 649 g/mol. The topological polar surface area (TPSA) is 17.8 Å². The Balaban J connectivity index is 1.41. The predicted octanol–water partition coefficient (Wildman–Crippen LogP) is 12.6. The molecule has 0 aliphatic rings. The summed E-state index contributed by atoms with van der Waals surface area (Å²) < 4.78 is 196. The van der Waals surface area contributed by atoms with Crippen LogP contribution < -0.4 is 0 Å². The first-order valence-electron chi connectivity index (χ1n) is 26.1. The molecule has 8 aromatic carbocycles. The van der Waals surface area contributed by atoms with Crippen LogP contribution in [-0.2, 0) is 6.37 Å². The minimum Gasteiger partial charge on any atom is -0.296 e. The summed E-state index contributed by atoms with van der Waals surface area (Å²) in [5, 5.41) is -2.14. The molecule has 0 radical (unpaired) electrons. The fraction of sp³-hybridized carbons (Fsp3) is 0.0426. The molecule has 0 saturated carbocycles. The molecule has 2 nitrogen and oxygen atoms in total. The Labute approximate surface area is 317 Å². The summed E-state index contributed by atoms with van der Waals surface area (Å²) in [6.07, 6.45) is -2.92. The zero-order valence-corrected chi connectivity index (χ0v) is 25.3. The van der Waals surface area contributed by atoms with Gasteiger partial charge in [-0.15, -0.1) is 0 Å². The molecule has 0 amide bonds. The predicted molar refractivity (Wildman–Crippen MR) is 207 cm³/mol. The largest absolute Gasteiger partial charge is 0.296 e. The minimum atomic E-state index is -3.12. The second-order valence-corrected chi connectivity index (χ2v) is 11.0. The molecule has 1 heterocycles. The van der Waals surface area contributed by atoms with E-state index >= 15 is 0 Å². The lowest BCUT2D eigenvalue weighted by Crippen LogP contribution is -2.02. The molecule has 49 heavy (non-hydrogen) atoms. The van der Waals surface area contributed by atoms with Crippen molar-refractivity contribution in [2.45, 2.75) is 13.2 Å². The smallest absolute Gasteiger partial charge is 0.114 e. The molecule has 0 bridgehead atoms. The van der Waals surface area contributed by atoms with Gasteiger partial charge in [0.25, 0.3) is 0 Å². The highest BCUT2D eigenvalue weighted by atomic mass is 15.1. The number of aromatic nitrogens is 2. The first-order valence-corrected chi connectivity index (χ1v) is 15.1. The first kappa shape index (κ1) is 14.1. The van der Waals surface area contributed by atoms with E-state index in [0.717, 1.165) is 0 Å². The lowest BCUT2D eigenvalue weighted by molar-refractivity contribution is 0.909. The number of para-hydroxylation sites is 3. The molecule has 2 heteroatoms. The number of aryl methyl sites for hydroxylation is 1. The van der Waals surface area contributed by atoms with Crippen molar-refractivity contribution in [3.63, 3.8) is 0 Å². The zero-order valence-electron chi connectivity index (χ0n) is 47.3. The normalized spacial score (nSPS) is 18.4. The second-order valence-electron chi connectivity index (χ2n) is 11.0. The van der Waals surface area contributed by atoms with Gasteiger partial charge in [-0.25, -0.2) is 4.98 Å². The maximum atomic E-state index is 9.99. The molecule has 9 aromatic rings. The Morgan fingerprint density at radius 3 is 1.86 bits per heavy atom. The van der Waals surface area contributed by atoms with Gasteiger partial charge in [-0.3, -0.25) is 4.57 Å². The summed E-state index contributed by atoms with van der Waals surface area (Å²) in [6.45, 7) is -3.12. The van der Waals surface area contributed by atoms with Gasteiger partial charge in [0.05, 0.1) is 40.0 Å².